The predicted molar refractivity (Wildman–Crippen MR) is 89.8 cm³/mol. The first kappa shape index (κ1) is 14.3. The zero-order valence-electron chi connectivity index (χ0n) is 10.4. The maximum atomic E-state index is 6.22. The van der Waals surface area contributed by atoms with Gasteiger partial charge in [0.15, 0.2) is 0 Å². The fourth-order valence-corrected chi connectivity index (χ4v) is 3.07. The van der Waals surface area contributed by atoms with Gasteiger partial charge in [-0.15, -0.1) is 23.2 Å². The maximum absolute atomic E-state index is 6.22. The van der Waals surface area contributed by atoms with Crippen LogP contribution in [0.15, 0.2) is 36.4 Å². The summed E-state index contributed by atoms with van der Waals surface area (Å²) in [5.41, 5.74) is 2.17. The standard InChI is InChI=1S/C15H11Cl4N/c16-7-11(19)8-20-14-3-1-9(17)5-12(14)13-6-10(18)2-4-15(13)20/h1-6,11H,7-8H2. The second-order valence-electron chi connectivity index (χ2n) is 4.69. The van der Waals surface area contributed by atoms with Crippen molar-refractivity contribution in [2.24, 2.45) is 0 Å². The highest BCUT2D eigenvalue weighted by Gasteiger charge is 2.14. The number of hydrogen-bond donors (Lipinski definition) is 0. The van der Waals surface area contributed by atoms with Crippen molar-refractivity contribution in [2.75, 3.05) is 5.88 Å². The van der Waals surface area contributed by atoms with Gasteiger partial charge in [-0.25, -0.2) is 0 Å². The highest BCUT2D eigenvalue weighted by Crippen LogP contribution is 2.33. The summed E-state index contributed by atoms with van der Waals surface area (Å²) in [5.74, 6) is 0.407. The molecule has 0 aliphatic heterocycles. The first-order valence-electron chi connectivity index (χ1n) is 6.17. The molecule has 0 saturated carbocycles. The molecule has 0 bridgehead atoms. The summed E-state index contributed by atoms with van der Waals surface area (Å²) in [4.78, 5) is 0. The van der Waals surface area contributed by atoms with E-state index in [0.29, 0.717) is 22.5 Å². The molecule has 0 saturated heterocycles. The number of rotatable bonds is 3. The monoisotopic (exact) mass is 345 g/mol. The fourth-order valence-electron chi connectivity index (χ4n) is 2.49. The van der Waals surface area contributed by atoms with Gasteiger partial charge in [0.2, 0.25) is 0 Å². The average Bonchev–Trinajstić information content (AvgIpc) is 2.72. The molecule has 0 radical (unpaired) electrons. The number of fused-ring (bicyclic) bond motifs is 3. The Kier molecular flexibility index (Phi) is 4.05. The molecular weight excluding hydrogens is 336 g/mol. The predicted octanol–water partition coefficient (Wildman–Crippen LogP) is 5.95. The molecule has 0 spiro atoms. The molecule has 1 unspecified atom stereocenters. The highest BCUT2D eigenvalue weighted by atomic mass is 35.5. The van der Waals surface area contributed by atoms with Crippen LogP contribution in [0.3, 0.4) is 0 Å². The summed E-state index contributed by atoms with van der Waals surface area (Å²) < 4.78 is 2.16. The van der Waals surface area contributed by atoms with Gasteiger partial charge in [0, 0.05) is 44.3 Å². The number of halogens is 4. The summed E-state index contributed by atoms with van der Waals surface area (Å²) in [6, 6.07) is 11.7. The van der Waals surface area contributed by atoms with Gasteiger partial charge < -0.3 is 4.57 Å². The Morgan fingerprint density at radius 3 is 1.85 bits per heavy atom. The minimum atomic E-state index is -0.123. The first-order chi connectivity index (χ1) is 9.60. The molecule has 104 valence electrons. The van der Waals surface area contributed by atoms with Crippen LogP contribution < -0.4 is 0 Å². The van der Waals surface area contributed by atoms with E-state index in [0.717, 1.165) is 21.8 Å². The first-order valence-corrected chi connectivity index (χ1v) is 7.90. The van der Waals surface area contributed by atoms with Crippen molar-refractivity contribution in [1.82, 2.24) is 4.57 Å². The highest BCUT2D eigenvalue weighted by molar-refractivity contribution is 6.33. The number of hydrogen-bond acceptors (Lipinski definition) is 0. The number of benzene rings is 2. The number of alkyl halides is 2. The largest absolute Gasteiger partial charge is 0.339 e. The van der Waals surface area contributed by atoms with Crippen LogP contribution in [-0.2, 0) is 6.54 Å². The van der Waals surface area contributed by atoms with Crippen LogP contribution >= 0.6 is 46.4 Å². The van der Waals surface area contributed by atoms with E-state index in [1.807, 2.05) is 36.4 Å². The third kappa shape index (κ3) is 2.48. The van der Waals surface area contributed by atoms with Gasteiger partial charge in [-0.05, 0) is 36.4 Å². The van der Waals surface area contributed by atoms with Crippen molar-refractivity contribution >= 4 is 68.2 Å². The van der Waals surface area contributed by atoms with Crippen molar-refractivity contribution < 1.29 is 0 Å². The molecule has 0 fully saturated rings. The van der Waals surface area contributed by atoms with Crippen LogP contribution in [0.1, 0.15) is 0 Å². The third-order valence-corrected chi connectivity index (χ3v) is 4.63. The SMILES string of the molecule is ClCC(Cl)Cn1c2ccc(Cl)cc2c2cc(Cl)ccc21. The molecule has 0 amide bonds. The topological polar surface area (TPSA) is 4.93 Å². The number of nitrogens with zero attached hydrogens (tertiary/aromatic N) is 1. The molecule has 1 nitrogen and oxygen atoms in total. The lowest BCUT2D eigenvalue weighted by molar-refractivity contribution is 0.735. The van der Waals surface area contributed by atoms with Gasteiger partial charge in [-0.2, -0.15) is 0 Å². The second kappa shape index (κ2) is 5.65. The molecule has 1 aromatic heterocycles. The molecule has 5 heteroatoms. The normalized spacial score (nSPS) is 13.2. The van der Waals surface area contributed by atoms with E-state index in [4.69, 9.17) is 46.4 Å². The van der Waals surface area contributed by atoms with Gasteiger partial charge in [-0.3, -0.25) is 0 Å². The van der Waals surface area contributed by atoms with E-state index < -0.39 is 0 Å². The van der Waals surface area contributed by atoms with E-state index in [9.17, 15) is 0 Å². The van der Waals surface area contributed by atoms with Crippen molar-refractivity contribution in [2.45, 2.75) is 11.9 Å². The Labute approximate surface area is 137 Å². The molecule has 3 aromatic rings. The zero-order chi connectivity index (χ0) is 14.3. The quantitative estimate of drug-likeness (QED) is 0.516. The van der Waals surface area contributed by atoms with Crippen molar-refractivity contribution in [3.8, 4) is 0 Å². The molecule has 20 heavy (non-hydrogen) atoms. The molecular formula is C15H11Cl4N. The van der Waals surface area contributed by atoms with E-state index in [-0.39, 0.29) is 5.38 Å². The molecule has 1 atom stereocenters. The zero-order valence-corrected chi connectivity index (χ0v) is 13.4. The van der Waals surface area contributed by atoms with Crippen molar-refractivity contribution in [3.05, 3.63) is 46.4 Å². The van der Waals surface area contributed by atoms with E-state index in [1.54, 1.807) is 0 Å². The summed E-state index contributed by atoms with van der Waals surface area (Å²) in [5, 5.41) is 3.44. The van der Waals surface area contributed by atoms with Crippen molar-refractivity contribution in [1.29, 1.82) is 0 Å². The molecule has 0 aliphatic carbocycles. The minimum absolute atomic E-state index is 0.123. The second-order valence-corrected chi connectivity index (χ2v) is 6.48. The molecule has 1 heterocycles. The summed E-state index contributed by atoms with van der Waals surface area (Å²) >= 11 is 24.3. The molecule has 3 rings (SSSR count). The Bertz CT molecular complexity index is 719. The van der Waals surface area contributed by atoms with Crippen molar-refractivity contribution in [3.63, 3.8) is 0 Å². The third-order valence-electron chi connectivity index (χ3n) is 3.34. The molecule has 0 aliphatic rings. The Hall–Kier alpha value is -0.600. The van der Waals surface area contributed by atoms with Crippen LogP contribution in [0.2, 0.25) is 10.0 Å². The molecule has 0 N–H and O–H groups in total. The van der Waals surface area contributed by atoms with Crippen LogP contribution in [0.4, 0.5) is 0 Å². The van der Waals surface area contributed by atoms with Crippen LogP contribution in [0.25, 0.3) is 21.8 Å². The summed E-state index contributed by atoms with van der Waals surface area (Å²) in [7, 11) is 0. The lowest BCUT2D eigenvalue weighted by Crippen LogP contribution is -2.11. The smallest absolute Gasteiger partial charge is 0.0650 e. The van der Waals surface area contributed by atoms with Crippen LogP contribution in [0.5, 0.6) is 0 Å². The lowest BCUT2D eigenvalue weighted by Gasteiger charge is -2.10. The Balaban J connectivity index is 2.34. The lowest BCUT2D eigenvalue weighted by atomic mass is 10.1. The Morgan fingerprint density at radius 1 is 0.900 bits per heavy atom. The van der Waals surface area contributed by atoms with Gasteiger partial charge in [0.05, 0.1) is 5.38 Å². The van der Waals surface area contributed by atoms with E-state index >= 15 is 0 Å². The molecule has 2 aromatic carbocycles. The summed E-state index contributed by atoms with van der Waals surface area (Å²) in [6.45, 7) is 0.647. The van der Waals surface area contributed by atoms with Crippen LogP contribution in [0, 0.1) is 0 Å². The average molecular weight is 347 g/mol. The van der Waals surface area contributed by atoms with E-state index in [2.05, 4.69) is 4.57 Å². The van der Waals surface area contributed by atoms with E-state index in [1.165, 1.54) is 0 Å². The number of aromatic nitrogens is 1. The maximum Gasteiger partial charge on any atom is 0.0650 e. The minimum Gasteiger partial charge on any atom is -0.339 e. The van der Waals surface area contributed by atoms with Gasteiger partial charge in [0.25, 0.3) is 0 Å². The van der Waals surface area contributed by atoms with Gasteiger partial charge in [0.1, 0.15) is 0 Å². The van der Waals surface area contributed by atoms with Crippen LogP contribution in [-0.4, -0.2) is 15.8 Å². The fraction of sp³-hybridized carbons (Fsp3) is 0.200. The van der Waals surface area contributed by atoms with Gasteiger partial charge >= 0.3 is 0 Å². The van der Waals surface area contributed by atoms with Gasteiger partial charge in [-0.1, -0.05) is 23.2 Å². The Morgan fingerprint density at radius 2 is 1.40 bits per heavy atom. The summed E-state index contributed by atoms with van der Waals surface area (Å²) in [6.07, 6.45) is 0.